The summed E-state index contributed by atoms with van der Waals surface area (Å²) in [5, 5.41) is 3.02. The monoisotopic (exact) mass is 324 g/mol. The molecular weight excluding hydrogens is 300 g/mol. The molecule has 0 aromatic heterocycles. The van der Waals surface area contributed by atoms with Crippen LogP contribution in [-0.2, 0) is 17.6 Å². The maximum Gasteiger partial charge on any atom is 0.224 e. The van der Waals surface area contributed by atoms with E-state index in [4.69, 9.17) is 4.74 Å². The highest BCUT2D eigenvalue weighted by atomic mass is 16.5. The molecule has 4 heteroatoms. The molecule has 126 valence electrons. The summed E-state index contributed by atoms with van der Waals surface area (Å²) >= 11 is 0. The Morgan fingerprint density at radius 2 is 2.00 bits per heavy atom. The highest BCUT2D eigenvalue weighted by Gasteiger charge is 2.18. The van der Waals surface area contributed by atoms with Gasteiger partial charge in [0.2, 0.25) is 5.91 Å². The number of nitrogens with zero attached hydrogens (tertiary/aromatic N) is 1. The van der Waals surface area contributed by atoms with Gasteiger partial charge in [-0.25, -0.2) is 0 Å². The van der Waals surface area contributed by atoms with Crippen LogP contribution >= 0.6 is 0 Å². The predicted octanol–water partition coefficient (Wildman–Crippen LogP) is 3.65. The van der Waals surface area contributed by atoms with Crippen molar-refractivity contribution in [2.45, 2.75) is 26.2 Å². The van der Waals surface area contributed by atoms with E-state index < -0.39 is 0 Å². The number of benzene rings is 2. The second-order valence-electron chi connectivity index (χ2n) is 6.07. The van der Waals surface area contributed by atoms with Crippen LogP contribution in [0.5, 0.6) is 5.75 Å². The number of hydrogen-bond acceptors (Lipinski definition) is 3. The third-order valence-corrected chi connectivity index (χ3v) is 4.54. The van der Waals surface area contributed by atoms with Gasteiger partial charge in [-0.05, 0) is 55.2 Å². The number of carbonyl (C=O) groups is 1. The molecule has 2 aromatic rings. The number of carbonyl (C=O) groups excluding carboxylic acids is 1. The van der Waals surface area contributed by atoms with Gasteiger partial charge in [0.25, 0.3) is 0 Å². The van der Waals surface area contributed by atoms with Gasteiger partial charge >= 0.3 is 0 Å². The molecule has 0 bridgehead atoms. The average Bonchev–Trinajstić information content (AvgIpc) is 3.02. The first-order valence-corrected chi connectivity index (χ1v) is 8.50. The molecule has 24 heavy (non-hydrogen) atoms. The second kappa shape index (κ2) is 7.39. The fourth-order valence-electron chi connectivity index (χ4n) is 3.13. The van der Waals surface area contributed by atoms with Crippen LogP contribution in [-0.4, -0.2) is 26.1 Å². The van der Waals surface area contributed by atoms with Crippen molar-refractivity contribution < 1.29 is 9.53 Å². The quantitative estimate of drug-likeness (QED) is 0.882. The molecule has 0 spiro atoms. The Labute approximate surface area is 143 Å². The summed E-state index contributed by atoms with van der Waals surface area (Å²) in [5.41, 5.74) is 4.64. The number of fused-ring (bicyclic) bond motifs is 1. The number of likely N-dealkylation sites (N-methyl/N-ethyl adjacent to an activating group) is 1. The van der Waals surface area contributed by atoms with Crippen molar-refractivity contribution in [3.8, 4) is 5.75 Å². The molecule has 0 radical (unpaired) electrons. The number of rotatable bonds is 6. The average molecular weight is 324 g/mol. The number of amides is 1. The summed E-state index contributed by atoms with van der Waals surface area (Å²) in [4.78, 5) is 14.6. The first-order valence-electron chi connectivity index (χ1n) is 8.50. The van der Waals surface area contributed by atoms with E-state index in [9.17, 15) is 4.79 Å². The summed E-state index contributed by atoms with van der Waals surface area (Å²) in [6, 6.07) is 14.1. The van der Waals surface area contributed by atoms with E-state index in [-0.39, 0.29) is 5.91 Å². The first-order chi connectivity index (χ1) is 11.7. The van der Waals surface area contributed by atoms with Gasteiger partial charge < -0.3 is 15.0 Å². The van der Waals surface area contributed by atoms with Crippen LogP contribution in [0.3, 0.4) is 0 Å². The van der Waals surface area contributed by atoms with Gasteiger partial charge in [0.15, 0.2) is 0 Å². The molecular formula is C20H24N2O2. The third-order valence-electron chi connectivity index (χ3n) is 4.54. The van der Waals surface area contributed by atoms with Crippen LogP contribution in [0.4, 0.5) is 11.4 Å². The smallest absolute Gasteiger partial charge is 0.224 e. The van der Waals surface area contributed by atoms with Gasteiger partial charge in [-0.2, -0.15) is 0 Å². The molecule has 1 heterocycles. The van der Waals surface area contributed by atoms with Gasteiger partial charge in [0.05, 0.1) is 7.11 Å². The lowest BCUT2D eigenvalue weighted by Gasteiger charge is -2.17. The lowest BCUT2D eigenvalue weighted by molar-refractivity contribution is -0.116. The van der Waals surface area contributed by atoms with Crippen LogP contribution in [0.25, 0.3) is 0 Å². The van der Waals surface area contributed by atoms with Crippen molar-refractivity contribution >= 4 is 17.3 Å². The number of nitrogens with one attached hydrogen (secondary N) is 1. The Balaban J connectivity index is 1.57. The van der Waals surface area contributed by atoms with E-state index in [1.165, 1.54) is 11.3 Å². The Morgan fingerprint density at radius 1 is 1.21 bits per heavy atom. The second-order valence-corrected chi connectivity index (χ2v) is 6.07. The first kappa shape index (κ1) is 16.4. The molecule has 0 unspecified atom stereocenters. The highest BCUT2D eigenvalue weighted by molar-refractivity contribution is 5.91. The molecule has 1 N–H and O–H groups in total. The number of anilines is 2. The molecule has 4 nitrogen and oxygen atoms in total. The molecule has 2 aromatic carbocycles. The SMILES string of the molecule is CCN1CCc2ccc(NC(=O)CCc3ccc(OC)cc3)cc21. The zero-order valence-corrected chi connectivity index (χ0v) is 14.3. The van der Waals surface area contributed by atoms with Crippen LogP contribution in [0.15, 0.2) is 42.5 Å². The number of ether oxygens (including phenoxy) is 1. The van der Waals surface area contributed by atoms with E-state index in [0.29, 0.717) is 6.42 Å². The molecule has 0 saturated heterocycles. The summed E-state index contributed by atoms with van der Waals surface area (Å²) in [5.74, 6) is 0.883. The van der Waals surface area contributed by atoms with Gasteiger partial charge in [-0.3, -0.25) is 4.79 Å². The zero-order chi connectivity index (χ0) is 16.9. The van der Waals surface area contributed by atoms with Gasteiger partial charge in [0.1, 0.15) is 5.75 Å². The van der Waals surface area contributed by atoms with Crippen LogP contribution < -0.4 is 15.0 Å². The van der Waals surface area contributed by atoms with Crippen molar-refractivity contribution in [1.82, 2.24) is 0 Å². The van der Waals surface area contributed by atoms with Crippen molar-refractivity contribution in [3.05, 3.63) is 53.6 Å². The van der Waals surface area contributed by atoms with E-state index in [0.717, 1.165) is 42.9 Å². The van der Waals surface area contributed by atoms with E-state index in [1.54, 1.807) is 7.11 Å². The largest absolute Gasteiger partial charge is 0.497 e. The summed E-state index contributed by atoms with van der Waals surface area (Å²) in [6.45, 7) is 4.23. The molecule has 1 aliphatic rings. The standard InChI is InChI=1S/C20H24N2O2/c1-3-22-13-12-16-7-8-17(14-19(16)22)21-20(23)11-6-15-4-9-18(24-2)10-5-15/h4-5,7-10,14H,3,6,11-13H2,1-2H3,(H,21,23). The lowest BCUT2D eigenvalue weighted by Crippen LogP contribution is -2.19. The maximum absolute atomic E-state index is 12.2. The maximum atomic E-state index is 12.2. The highest BCUT2D eigenvalue weighted by Crippen LogP contribution is 2.30. The molecule has 1 amide bonds. The Bertz CT molecular complexity index is 710. The third kappa shape index (κ3) is 3.70. The summed E-state index contributed by atoms with van der Waals surface area (Å²) < 4.78 is 5.14. The van der Waals surface area contributed by atoms with Gasteiger partial charge in [-0.1, -0.05) is 18.2 Å². The van der Waals surface area contributed by atoms with Crippen molar-refractivity contribution in [2.75, 3.05) is 30.4 Å². The molecule has 0 atom stereocenters. The van der Waals surface area contributed by atoms with E-state index >= 15 is 0 Å². The van der Waals surface area contributed by atoms with Crippen molar-refractivity contribution in [3.63, 3.8) is 0 Å². The van der Waals surface area contributed by atoms with Gasteiger partial charge in [-0.15, -0.1) is 0 Å². The van der Waals surface area contributed by atoms with E-state index in [1.807, 2.05) is 30.3 Å². The number of aryl methyl sites for hydroxylation is 1. The minimum absolute atomic E-state index is 0.0480. The predicted molar refractivity (Wildman–Crippen MR) is 98.0 cm³/mol. The van der Waals surface area contributed by atoms with Crippen LogP contribution in [0.1, 0.15) is 24.5 Å². The Hall–Kier alpha value is -2.49. The minimum Gasteiger partial charge on any atom is -0.497 e. The van der Waals surface area contributed by atoms with E-state index in [2.05, 4.69) is 29.3 Å². The van der Waals surface area contributed by atoms with Gasteiger partial charge in [0, 0.05) is 30.9 Å². The summed E-state index contributed by atoms with van der Waals surface area (Å²) in [7, 11) is 1.65. The minimum atomic E-state index is 0.0480. The summed E-state index contributed by atoms with van der Waals surface area (Å²) in [6.07, 6.45) is 2.29. The molecule has 0 saturated carbocycles. The molecule has 0 fully saturated rings. The molecule has 3 rings (SSSR count). The number of methoxy groups -OCH3 is 1. The fraction of sp³-hybridized carbons (Fsp3) is 0.350. The van der Waals surface area contributed by atoms with Crippen LogP contribution in [0.2, 0.25) is 0 Å². The normalized spacial score (nSPS) is 12.8. The topological polar surface area (TPSA) is 41.6 Å². The Morgan fingerprint density at radius 3 is 2.71 bits per heavy atom. The van der Waals surface area contributed by atoms with Crippen LogP contribution in [0, 0.1) is 0 Å². The zero-order valence-electron chi connectivity index (χ0n) is 14.3. The van der Waals surface area contributed by atoms with Crippen molar-refractivity contribution in [2.24, 2.45) is 0 Å². The molecule has 0 aliphatic carbocycles. The fourth-order valence-corrected chi connectivity index (χ4v) is 3.13. The van der Waals surface area contributed by atoms with Crippen molar-refractivity contribution in [1.29, 1.82) is 0 Å². The number of hydrogen-bond donors (Lipinski definition) is 1. The Kier molecular flexibility index (Phi) is 5.04. The molecule has 1 aliphatic heterocycles. The lowest BCUT2D eigenvalue weighted by atomic mass is 10.1.